The summed E-state index contributed by atoms with van der Waals surface area (Å²) in [6, 6.07) is 0. The Morgan fingerprint density at radius 3 is 2.94 bits per heavy atom. The van der Waals surface area contributed by atoms with Crippen LogP contribution in [0.3, 0.4) is 0 Å². The molecular formula is C11H14N2O4. The SMILES string of the molecule is COc1nc(C(C)C(=O)O)nc2c1CCOC2. The van der Waals surface area contributed by atoms with Gasteiger partial charge >= 0.3 is 5.97 Å². The highest BCUT2D eigenvalue weighted by Gasteiger charge is 2.23. The number of hydrogen-bond donors (Lipinski definition) is 1. The van der Waals surface area contributed by atoms with E-state index in [0.29, 0.717) is 25.5 Å². The van der Waals surface area contributed by atoms with Crippen molar-refractivity contribution >= 4 is 5.97 Å². The van der Waals surface area contributed by atoms with Gasteiger partial charge in [-0.3, -0.25) is 4.79 Å². The normalized spacial score (nSPS) is 16.1. The summed E-state index contributed by atoms with van der Waals surface area (Å²) in [5.41, 5.74) is 1.64. The van der Waals surface area contributed by atoms with Crippen molar-refractivity contribution in [1.29, 1.82) is 0 Å². The zero-order valence-corrected chi connectivity index (χ0v) is 9.77. The minimum Gasteiger partial charge on any atom is -0.481 e. The molecule has 0 radical (unpaired) electrons. The second-order valence-electron chi connectivity index (χ2n) is 3.88. The predicted octanol–water partition coefficient (Wildman–Crippen LogP) is 0.746. The summed E-state index contributed by atoms with van der Waals surface area (Å²) in [6.07, 6.45) is 0.695. The highest BCUT2D eigenvalue weighted by Crippen LogP contribution is 2.25. The van der Waals surface area contributed by atoms with Crippen molar-refractivity contribution in [2.75, 3.05) is 13.7 Å². The summed E-state index contributed by atoms with van der Waals surface area (Å²) in [5.74, 6) is -0.986. The van der Waals surface area contributed by atoms with Crippen LogP contribution in [-0.4, -0.2) is 34.8 Å². The van der Waals surface area contributed by atoms with Crippen LogP contribution >= 0.6 is 0 Å². The minimum absolute atomic E-state index is 0.263. The molecule has 1 atom stereocenters. The first-order valence-corrected chi connectivity index (χ1v) is 5.37. The molecule has 6 nitrogen and oxygen atoms in total. The third kappa shape index (κ3) is 2.21. The Bertz CT molecular complexity index is 430. The second-order valence-corrected chi connectivity index (χ2v) is 3.88. The van der Waals surface area contributed by atoms with Gasteiger partial charge in [0.1, 0.15) is 11.7 Å². The average molecular weight is 238 g/mol. The zero-order chi connectivity index (χ0) is 12.4. The Kier molecular flexibility index (Phi) is 3.23. The smallest absolute Gasteiger partial charge is 0.313 e. The van der Waals surface area contributed by atoms with E-state index in [4.69, 9.17) is 14.6 Å². The fourth-order valence-electron chi connectivity index (χ4n) is 1.71. The molecular weight excluding hydrogens is 224 g/mol. The third-order valence-corrected chi connectivity index (χ3v) is 2.76. The van der Waals surface area contributed by atoms with Crippen LogP contribution in [0.2, 0.25) is 0 Å². The van der Waals surface area contributed by atoms with Crippen molar-refractivity contribution in [3.05, 3.63) is 17.1 Å². The number of rotatable bonds is 3. The highest BCUT2D eigenvalue weighted by atomic mass is 16.5. The molecule has 0 spiro atoms. The number of carbonyl (C=O) groups is 1. The molecule has 2 heterocycles. The molecule has 0 bridgehead atoms. The summed E-state index contributed by atoms with van der Waals surface area (Å²) < 4.78 is 10.5. The summed E-state index contributed by atoms with van der Waals surface area (Å²) >= 11 is 0. The number of aromatic nitrogens is 2. The van der Waals surface area contributed by atoms with E-state index in [2.05, 4.69) is 9.97 Å². The van der Waals surface area contributed by atoms with E-state index in [-0.39, 0.29) is 5.82 Å². The van der Waals surface area contributed by atoms with Crippen molar-refractivity contribution in [3.63, 3.8) is 0 Å². The van der Waals surface area contributed by atoms with Gasteiger partial charge in [0, 0.05) is 12.0 Å². The molecule has 17 heavy (non-hydrogen) atoms. The van der Waals surface area contributed by atoms with E-state index in [1.807, 2.05) is 0 Å². The maximum Gasteiger partial charge on any atom is 0.313 e. The molecule has 1 aromatic rings. The van der Waals surface area contributed by atoms with Gasteiger partial charge < -0.3 is 14.6 Å². The fraction of sp³-hybridized carbons (Fsp3) is 0.545. The fourth-order valence-corrected chi connectivity index (χ4v) is 1.71. The van der Waals surface area contributed by atoms with E-state index < -0.39 is 11.9 Å². The number of ether oxygens (including phenoxy) is 2. The van der Waals surface area contributed by atoms with E-state index in [0.717, 1.165) is 11.3 Å². The molecule has 1 aromatic heterocycles. The van der Waals surface area contributed by atoms with Gasteiger partial charge in [0.2, 0.25) is 5.88 Å². The molecule has 1 unspecified atom stereocenters. The number of carboxylic acids is 1. The highest BCUT2D eigenvalue weighted by molar-refractivity contribution is 5.74. The molecule has 1 aliphatic rings. The molecule has 0 aliphatic carbocycles. The van der Waals surface area contributed by atoms with Crippen molar-refractivity contribution in [3.8, 4) is 5.88 Å². The Labute approximate surface area is 98.6 Å². The van der Waals surface area contributed by atoms with Crippen LogP contribution in [0, 0.1) is 0 Å². The van der Waals surface area contributed by atoms with Gasteiger partial charge in [-0.1, -0.05) is 0 Å². The van der Waals surface area contributed by atoms with Crippen LogP contribution in [0.25, 0.3) is 0 Å². The number of hydrogen-bond acceptors (Lipinski definition) is 5. The quantitative estimate of drug-likeness (QED) is 0.836. The lowest BCUT2D eigenvalue weighted by molar-refractivity contribution is -0.138. The molecule has 1 N–H and O–H groups in total. The van der Waals surface area contributed by atoms with Gasteiger partial charge in [0.15, 0.2) is 0 Å². The summed E-state index contributed by atoms with van der Waals surface area (Å²) in [5, 5.41) is 8.95. The van der Waals surface area contributed by atoms with Gasteiger partial charge in [0.25, 0.3) is 0 Å². The van der Waals surface area contributed by atoms with Crippen molar-refractivity contribution in [2.24, 2.45) is 0 Å². The van der Waals surface area contributed by atoms with Gasteiger partial charge in [-0.2, -0.15) is 4.98 Å². The Hall–Kier alpha value is -1.69. The predicted molar refractivity (Wildman–Crippen MR) is 58.0 cm³/mol. The number of aliphatic carboxylic acids is 1. The molecule has 6 heteroatoms. The number of fused-ring (bicyclic) bond motifs is 1. The zero-order valence-electron chi connectivity index (χ0n) is 9.77. The van der Waals surface area contributed by atoms with Crippen molar-refractivity contribution in [1.82, 2.24) is 9.97 Å². The summed E-state index contributed by atoms with van der Waals surface area (Å²) in [7, 11) is 1.52. The first kappa shape index (κ1) is 11.8. The van der Waals surface area contributed by atoms with Crippen LogP contribution in [0.5, 0.6) is 5.88 Å². The molecule has 0 amide bonds. The van der Waals surface area contributed by atoms with Crippen LogP contribution < -0.4 is 4.74 Å². The Morgan fingerprint density at radius 1 is 1.53 bits per heavy atom. The van der Waals surface area contributed by atoms with E-state index in [9.17, 15) is 4.79 Å². The summed E-state index contributed by atoms with van der Waals surface area (Å²) in [6.45, 7) is 2.54. The molecule has 0 fully saturated rings. The molecule has 0 saturated heterocycles. The molecule has 1 aliphatic heterocycles. The first-order chi connectivity index (χ1) is 8.13. The third-order valence-electron chi connectivity index (χ3n) is 2.76. The Balaban J connectivity index is 2.46. The van der Waals surface area contributed by atoms with Gasteiger partial charge in [0.05, 0.1) is 26.0 Å². The second kappa shape index (κ2) is 4.67. The average Bonchev–Trinajstić information content (AvgIpc) is 2.36. The molecule has 0 saturated carbocycles. The van der Waals surface area contributed by atoms with Crippen LogP contribution in [0.4, 0.5) is 0 Å². The lowest BCUT2D eigenvalue weighted by atomic mass is 10.1. The van der Waals surface area contributed by atoms with Gasteiger partial charge in [-0.15, -0.1) is 0 Å². The largest absolute Gasteiger partial charge is 0.481 e. The maximum absolute atomic E-state index is 10.9. The van der Waals surface area contributed by atoms with Crippen LogP contribution in [-0.2, 0) is 22.6 Å². The first-order valence-electron chi connectivity index (χ1n) is 5.37. The van der Waals surface area contributed by atoms with Crippen molar-refractivity contribution < 1.29 is 19.4 Å². The van der Waals surface area contributed by atoms with E-state index in [1.54, 1.807) is 6.92 Å². The van der Waals surface area contributed by atoms with Gasteiger partial charge in [-0.05, 0) is 6.92 Å². The van der Waals surface area contributed by atoms with Crippen molar-refractivity contribution in [2.45, 2.75) is 25.9 Å². The Morgan fingerprint density at radius 2 is 2.29 bits per heavy atom. The summed E-state index contributed by atoms with van der Waals surface area (Å²) in [4.78, 5) is 19.3. The van der Waals surface area contributed by atoms with E-state index >= 15 is 0 Å². The molecule has 0 aromatic carbocycles. The number of methoxy groups -OCH3 is 1. The number of carboxylic acid groups (broad SMARTS) is 1. The number of nitrogens with zero attached hydrogens (tertiary/aromatic N) is 2. The lowest BCUT2D eigenvalue weighted by Crippen LogP contribution is -2.19. The monoisotopic (exact) mass is 238 g/mol. The van der Waals surface area contributed by atoms with E-state index in [1.165, 1.54) is 7.11 Å². The minimum atomic E-state index is -0.955. The van der Waals surface area contributed by atoms with Crippen LogP contribution in [0.15, 0.2) is 0 Å². The molecule has 2 rings (SSSR count). The standard InChI is InChI=1S/C11H14N2O4/c1-6(11(14)15)9-12-8-5-17-4-3-7(8)10(13-9)16-2/h6H,3-5H2,1-2H3,(H,14,15). The van der Waals surface area contributed by atoms with Gasteiger partial charge in [-0.25, -0.2) is 4.98 Å². The molecule has 92 valence electrons. The topological polar surface area (TPSA) is 81.5 Å². The lowest BCUT2D eigenvalue weighted by Gasteiger charge is -2.19. The van der Waals surface area contributed by atoms with Crippen LogP contribution in [0.1, 0.15) is 29.9 Å². The maximum atomic E-state index is 10.9.